The van der Waals surface area contributed by atoms with E-state index in [4.69, 9.17) is 9.47 Å². The number of nitrogens with one attached hydrogen (secondary N) is 1. The van der Waals surface area contributed by atoms with Gasteiger partial charge in [0.15, 0.2) is 11.6 Å². The van der Waals surface area contributed by atoms with Gasteiger partial charge in [-0.05, 0) is 26.1 Å². The van der Waals surface area contributed by atoms with Gasteiger partial charge in [-0.2, -0.15) is 0 Å². The minimum atomic E-state index is -0.373. The molecule has 0 aliphatic rings. The summed E-state index contributed by atoms with van der Waals surface area (Å²) < 4.78 is 24.8. The Kier molecular flexibility index (Phi) is 5.17. The summed E-state index contributed by atoms with van der Waals surface area (Å²) in [6, 6.07) is 11.0. The van der Waals surface area contributed by atoms with Crippen LogP contribution in [0.5, 0.6) is 11.5 Å². The second-order valence-electron chi connectivity index (χ2n) is 4.86. The first kappa shape index (κ1) is 15.3. The van der Waals surface area contributed by atoms with Gasteiger partial charge in [-0.15, -0.1) is 0 Å². The van der Waals surface area contributed by atoms with E-state index in [2.05, 4.69) is 11.4 Å². The number of ether oxygens (including phenoxy) is 2. The van der Waals surface area contributed by atoms with Gasteiger partial charge in [0, 0.05) is 17.7 Å². The van der Waals surface area contributed by atoms with E-state index >= 15 is 0 Å². The number of methoxy groups -OCH3 is 1. The molecule has 112 valence electrons. The molecular weight excluding hydrogens is 269 g/mol. The topological polar surface area (TPSA) is 30.5 Å². The third kappa shape index (κ3) is 3.73. The Morgan fingerprint density at radius 1 is 1.10 bits per heavy atom. The first-order valence-electron chi connectivity index (χ1n) is 6.84. The summed E-state index contributed by atoms with van der Waals surface area (Å²) in [5.74, 6) is 0.620. The Balaban J connectivity index is 2.16. The molecule has 0 unspecified atom stereocenters. The first-order chi connectivity index (χ1) is 10.2. The maximum Gasteiger partial charge on any atom is 0.171 e. The van der Waals surface area contributed by atoms with Crippen LogP contribution in [0.15, 0.2) is 36.4 Å². The van der Waals surface area contributed by atoms with Crippen LogP contribution in [0.3, 0.4) is 0 Å². The zero-order chi connectivity index (χ0) is 15.2. The zero-order valence-electron chi connectivity index (χ0n) is 12.6. The molecule has 2 rings (SSSR count). The van der Waals surface area contributed by atoms with Gasteiger partial charge in [-0.1, -0.05) is 29.8 Å². The average molecular weight is 289 g/mol. The molecule has 2 aromatic rings. The first-order valence-corrected chi connectivity index (χ1v) is 6.84. The van der Waals surface area contributed by atoms with Crippen molar-refractivity contribution in [2.45, 2.75) is 20.1 Å². The molecule has 4 heteroatoms. The van der Waals surface area contributed by atoms with Gasteiger partial charge in [-0.3, -0.25) is 0 Å². The van der Waals surface area contributed by atoms with E-state index in [-0.39, 0.29) is 18.2 Å². The summed E-state index contributed by atoms with van der Waals surface area (Å²) in [6.07, 6.45) is 0. The predicted molar refractivity (Wildman–Crippen MR) is 81.2 cm³/mol. The lowest BCUT2D eigenvalue weighted by Gasteiger charge is -2.13. The van der Waals surface area contributed by atoms with Crippen LogP contribution in [0.4, 0.5) is 4.39 Å². The fourth-order valence-electron chi connectivity index (χ4n) is 2.16. The lowest BCUT2D eigenvalue weighted by molar-refractivity contribution is 0.292. The van der Waals surface area contributed by atoms with Crippen LogP contribution in [-0.4, -0.2) is 14.2 Å². The quantitative estimate of drug-likeness (QED) is 0.883. The summed E-state index contributed by atoms with van der Waals surface area (Å²) in [5.41, 5.74) is 2.70. The largest absolute Gasteiger partial charge is 0.494 e. The molecule has 0 aromatic heterocycles. The number of halogens is 1. The van der Waals surface area contributed by atoms with Gasteiger partial charge in [0.1, 0.15) is 12.4 Å². The molecule has 1 N–H and O–H groups in total. The maximum absolute atomic E-state index is 14.1. The normalized spacial score (nSPS) is 10.5. The van der Waals surface area contributed by atoms with E-state index < -0.39 is 0 Å². The van der Waals surface area contributed by atoms with Gasteiger partial charge >= 0.3 is 0 Å². The fraction of sp³-hybridized carbons (Fsp3) is 0.294. The molecule has 0 aliphatic heterocycles. The number of aryl methyl sites for hydroxylation is 1. The van der Waals surface area contributed by atoms with Crippen LogP contribution in [0, 0.1) is 12.7 Å². The minimum absolute atomic E-state index is 0.169. The van der Waals surface area contributed by atoms with Gasteiger partial charge in [0.05, 0.1) is 7.11 Å². The van der Waals surface area contributed by atoms with E-state index in [1.807, 2.05) is 26.1 Å². The highest BCUT2D eigenvalue weighted by atomic mass is 19.1. The SMILES string of the molecule is CNCc1cc(C)ccc1OCc1cccc(OC)c1F. The summed E-state index contributed by atoms with van der Waals surface area (Å²) in [6.45, 7) is 2.91. The Bertz CT molecular complexity index is 614. The van der Waals surface area contributed by atoms with Crippen molar-refractivity contribution in [1.29, 1.82) is 0 Å². The molecule has 0 saturated heterocycles. The number of hydrogen-bond acceptors (Lipinski definition) is 3. The molecule has 0 amide bonds. The molecule has 0 radical (unpaired) electrons. The number of rotatable bonds is 6. The van der Waals surface area contributed by atoms with Crippen LogP contribution >= 0.6 is 0 Å². The molecule has 0 bridgehead atoms. The zero-order valence-corrected chi connectivity index (χ0v) is 12.6. The van der Waals surface area contributed by atoms with Gasteiger partial charge < -0.3 is 14.8 Å². The summed E-state index contributed by atoms with van der Waals surface area (Å²) in [4.78, 5) is 0. The molecular formula is C17H20FNO2. The van der Waals surface area contributed by atoms with Crippen molar-refractivity contribution < 1.29 is 13.9 Å². The lowest BCUT2D eigenvalue weighted by atomic mass is 10.1. The lowest BCUT2D eigenvalue weighted by Crippen LogP contribution is -2.08. The van der Waals surface area contributed by atoms with Crippen molar-refractivity contribution in [1.82, 2.24) is 5.32 Å². The Hall–Kier alpha value is -2.07. The van der Waals surface area contributed by atoms with Crippen molar-refractivity contribution in [2.75, 3.05) is 14.2 Å². The second-order valence-corrected chi connectivity index (χ2v) is 4.86. The molecule has 2 aromatic carbocycles. The maximum atomic E-state index is 14.1. The monoisotopic (exact) mass is 289 g/mol. The van der Waals surface area contributed by atoms with Crippen molar-refractivity contribution in [2.24, 2.45) is 0 Å². The molecule has 0 heterocycles. The molecule has 0 saturated carbocycles. The van der Waals surface area contributed by atoms with Crippen molar-refractivity contribution in [3.05, 3.63) is 58.9 Å². The predicted octanol–water partition coefficient (Wildman–Crippen LogP) is 3.44. The van der Waals surface area contributed by atoms with Crippen LogP contribution < -0.4 is 14.8 Å². The highest BCUT2D eigenvalue weighted by Crippen LogP contribution is 2.24. The van der Waals surface area contributed by atoms with E-state index in [1.54, 1.807) is 18.2 Å². The Labute approximate surface area is 124 Å². The fourth-order valence-corrected chi connectivity index (χ4v) is 2.16. The van der Waals surface area contributed by atoms with Crippen LogP contribution in [0.1, 0.15) is 16.7 Å². The standard InChI is InChI=1S/C17H20FNO2/c1-12-7-8-15(14(9-12)10-19-2)21-11-13-5-4-6-16(20-3)17(13)18/h4-9,19H,10-11H2,1-3H3. The van der Waals surface area contributed by atoms with Crippen molar-refractivity contribution in [3.8, 4) is 11.5 Å². The van der Waals surface area contributed by atoms with E-state index in [0.29, 0.717) is 12.1 Å². The second kappa shape index (κ2) is 7.09. The van der Waals surface area contributed by atoms with Crippen LogP contribution in [0.2, 0.25) is 0 Å². The van der Waals surface area contributed by atoms with Gasteiger partial charge in [0.25, 0.3) is 0 Å². The smallest absolute Gasteiger partial charge is 0.171 e. The Morgan fingerprint density at radius 2 is 1.90 bits per heavy atom. The third-order valence-corrected chi connectivity index (χ3v) is 3.23. The molecule has 0 aliphatic carbocycles. The van der Waals surface area contributed by atoms with Crippen LogP contribution in [0.25, 0.3) is 0 Å². The highest BCUT2D eigenvalue weighted by Gasteiger charge is 2.10. The molecule has 0 atom stereocenters. The van der Waals surface area contributed by atoms with Gasteiger partial charge in [-0.25, -0.2) is 4.39 Å². The minimum Gasteiger partial charge on any atom is -0.494 e. The van der Waals surface area contributed by atoms with E-state index in [0.717, 1.165) is 11.3 Å². The average Bonchev–Trinajstić information content (AvgIpc) is 2.48. The Morgan fingerprint density at radius 3 is 2.62 bits per heavy atom. The molecule has 0 fully saturated rings. The third-order valence-electron chi connectivity index (χ3n) is 3.23. The van der Waals surface area contributed by atoms with E-state index in [1.165, 1.54) is 12.7 Å². The molecule has 3 nitrogen and oxygen atoms in total. The summed E-state index contributed by atoms with van der Waals surface area (Å²) >= 11 is 0. The molecule has 21 heavy (non-hydrogen) atoms. The number of hydrogen-bond donors (Lipinski definition) is 1. The summed E-state index contributed by atoms with van der Waals surface area (Å²) in [7, 11) is 3.34. The van der Waals surface area contributed by atoms with E-state index in [9.17, 15) is 4.39 Å². The summed E-state index contributed by atoms with van der Waals surface area (Å²) in [5, 5.41) is 3.11. The van der Waals surface area contributed by atoms with Crippen molar-refractivity contribution in [3.63, 3.8) is 0 Å². The van der Waals surface area contributed by atoms with Gasteiger partial charge in [0.2, 0.25) is 0 Å². The van der Waals surface area contributed by atoms with Crippen LogP contribution in [-0.2, 0) is 13.2 Å². The van der Waals surface area contributed by atoms with Crippen molar-refractivity contribution >= 4 is 0 Å². The highest BCUT2D eigenvalue weighted by molar-refractivity contribution is 5.37. The number of benzene rings is 2. The molecule has 0 spiro atoms.